The van der Waals surface area contributed by atoms with Gasteiger partial charge in [0, 0.05) is 18.5 Å². The topological polar surface area (TPSA) is 47.0 Å². The Kier molecular flexibility index (Phi) is 7.26. The van der Waals surface area contributed by atoms with Crippen molar-refractivity contribution in [1.82, 2.24) is 15.3 Å². The highest BCUT2D eigenvalue weighted by Gasteiger charge is 2.32. The van der Waals surface area contributed by atoms with Crippen LogP contribution in [-0.4, -0.2) is 30.2 Å². The molecule has 0 radical (unpaired) electrons. The third-order valence-corrected chi connectivity index (χ3v) is 4.39. The van der Waals surface area contributed by atoms with Crippen LogP contribution in [0.15, 0.2) is 0 Å². The van der Waals surface area contributed by atoms with Crippen molar-refractivity contribution in [2.45, 2.75) is 65.9 Å². The van der Waals surface area contributed by atoms with E-state index in [-0.39, 0.29) is 5.60 Å². The van der Waals surface area contributed by atoms with Crippen LogP contribution in [0.2, 0.25) is 0 Å². The Bertz CT molecular complexity index is 410. The normalized spacial score (nSPS) is 11.9. The number of methoxy groups -OCH3 is 1. The Morgan fingerprint density at radius 3 is 2.05 bits per heavy atom. The van der Waals surface area contributed by atoms with E-state index in [1.807, 2.05) is 0 Å². The molecule has 0 aliphatic carbocycles. The SMILES string of the molecule is CCNCCCc1c(C)nc(C(CC)(CC)OC)nc1C. The van der Waals surface area contributed by atoms with E-state index in [0.29, 0.717) is 0 Å². The molecule has 1 aromatic rings. The van der Waals surface area contributed by atoms with Gasteiger partial charge in [-0.25, -0.2) is 9.97 Å². The van der Waals surface area contributed by atoms with Crippen molar-refractivity contribution in [3.8, 4) is 0 Å². The molecule has 0 saturated heterocycles. The summed E-state index contributed by atoms with van der Waals surface area (Å²) in [6.45, 7) is 12.6. The number of aromatic nitrogens is 2. The summed E-state index contributed by atoms with van der Waals surface area (Å²) in [7, 11) is 1.76. The van der Waals surface area contributed by atoms with Gasteiger partial charge in [-0.05, 0) is 58.2 Å². The van der Waals surface area contributed by atoms with Crippen molar-refractivity contribution in [3.63, 3.8) is 0 Å². The van der Waals surface area contributed by atoms with Gasteiger partial charge in [0.15, 0.2) is 5.82 Å². The molecule has 0 atom stereocenters. The van der Waals surface area contributed by atoms with Crippen molar-refractivity contribution >= 4 is 0 Å². The lowest BCUT2D eigenvalue weighted by Gasteiger charge is -2.29. The van der Waals surface area contributed by atoms with E-state index >= 15 is 0 Å². The fraction of sp³-hybridized carbons (Fsp3) is 0.765. The number of nitrogens with zero attached hydrogens (tertiary/aromatic N) is 2. The van der Waals surface area contributed by atoms with E-state index in [2.05, 4.69) is 39.9 Å². The van der Waals surface area contributed by atoms with Gasteiger partial charge in [0.05, 0.1) is 0 Å². The smallest absolute Gasteiger partial charge is 0.160 e. The molecule has 1 N–H and O–H groups in total. The van der Waals surface area contributed by atoms with Crippen molar-refractivity contribution in [1.29, 1.82) is 0 Å². The third-order valence-electron chi connectivity index (χ3n) is 4.39. The first-order chi connectivity index (χ1) is 10.0. The average Bonchev–Trinajstić information content (AvgIpc) is 2.48. The molecule has 4 nitrogen and oxygen atoms in total. The molecule has 0 fully saturated rings. The molecule has 21 heavy (non-hydrogen) atoms. The molecule has 120 valence electrons. The Morgan fingerprint density at radius 1 is 1.05 bits per heavy atom. The molecule has 1 aromatic heterocycles. The lowest BCUT2D eigenvalue weighted by Crippen LogP contribution is -2.30. The van der Waals surface area contributed by atoms with Gasteiger partial charge < -0.3 is 10.1 Å². The van der Waals surface area contributed by atoms with E-state index < -0.39 is 0 Å². The summed E-state index contributed by atoms with van der Waals surface area (Å²) in [6.07, 6.45) is 3.93. The molecular formula is C17H31N3O. The number of ether oxygens (including phenoxy) is 1. The second-order valence-corrected chi connectivity index (χ2v) is 5.56. The lowest BCUT2D eigenvalue weighted by atomic mass is 9.95. The van der Waals surface area contributed by atoms with E-state index in [4.69, 9.17) is 14.7 Å². The van der Waals surface area contributed by atoms with Gasteiger partial charge in [0.1, 0.15) is 5.60 Å². The summed E-state index contributed by atoms with van der Waals surface area (Å²) in [5.41, 5.74) is 3.13. The molecule has 0 bridgehead atoms. The Balaban J connectivity index is 2.98. The maximum Gasteiger partial charge on any atom is 0.160 e. The minimum atomic E-state index is -0.349. The third kappa shape index (κ3) is 4.24. The minimum Gasteiger partial charge on any atom is -0.370 e. The summed E-state index contributed by atoms with van der Waals surface area (Å²) < 4.78 is 5.75. The average molecular weight is 293 g/mol. The zero-order valence-electron chi connectivity index (χ0n) is 14.5. The summed E-state index contributed by atoms with van der Waals surface area (Å²) in [5, 5.41) is 3.36. The van der Waals surface area contributed by atoms with Crippen LogP contribution in [0, 0.1) is 13.8 Å². The fourth-order valence-corrected chi connectivity index (χ4v) is 2.82. The van der Waals surface area contributed by atoms with Gasteiger partial charge in [-0.1, -0.05) is 20.8 Å². The van der Waals surface area contributed by atoms with E-state index in [9.17, 15) is 0 Å². The van der Waals surface area contributed by atoms with Gasteiger partial charge in [0.2, 0.25) is 0 Å². The highest BCUT2D eigenvalue weighted by molar-refractivity contribution is 5.26. The summed E-state index contributed by atoms with van der Waals surface area (Å²) in [4.78, 5) is 9.52. The van der Waals surface area contributed by atoms with Crippen molar-refractivity contribution in [3.05, 3.63) is 22.8 Å². The first-order valence-electron chi connectivity index (χ1n) is 8.15. The van der Waals surface area contributed by atoms with Crippen LogP contribution in [0.25, 0.3) is 0 Å². The maximum atomic E-state index is 5.75. The zero-order valence-corrected chi connectivity index (χ0v) is 14.5. The molecular weight excluding hydrogens is 262 g/mol. The lowest BCUT2D eigenvalue weighted by molar-refractivity contribution is -0.0294. The summed E-state index contributed by atoms with van der Waals surface area (Å²) >= 11 is 0. The Morgan fingerprint density at radius 2 is 1.62 bits per heavy atom. The number of hydrogen-bond donors (Lipinski definition) is 1. The molecule has 0 unspecified atom stereocenters. The molecule has 1 rings (SSSR count). The number of rotatable bonds is 9. The molecule has 4 heteroatoms. The maximum absolute atomic E-state index is 5.75. The minimum absolute atomic E-state index is 0.349. The van der Waals surface area contributed by atoms with E-state index in [1.54, 1.807) is 7.11 Å². The zero-order chi connectivity index (χ0) is 15.9. The van der Waals surface area contributed by atoms with Gasteiger partial charge in [-0.2, -0.15) is 0 Å². The van der Waals surface area contributed by atoms with E-state index in [1.165, 1.54) is 5.56 Å². The second kappa shape index (κ2) is 8.44. The van der Waals surface area contributed by atoms with Gasteiger partial charge in [0.25, 0.3) is 0 Å². The first kappa shape index (κ1) is 18.1. The Hall–Kier alpha value is -1.00. The molecule has 0 aliphatic heterocycles. The molecule has 1 heterocycles. The molecule has 0 saturated carbocycles. The molecule has 0 aromatic carbocycles. The van der Waals surface area contributed by atoms with Crippen molar-refractivity contribution in [2.75, 3.05) is 20.2 Å². The summed E-state index contributed by atoms with van der Waals surface area (Å²) in [5.74, 6) is 0.834. The molecule has 0 amide bonds. The predicted molar refractivity (Wildman–Crippen MR) is 87.6 cm³/mol. The molecule has 0 spiro atoms. The highest BCUT2D eigenvalue weighted by Crippen LogP contribution is 2.30. The van der Waals surface area contributed by atoms with Crippen molar-refractivity contribution < 1.29 is 4.74 Å². The van der Waals surface area contributed by atoms with Gasteiger partial charge >= 0.3 is 0 Å². The van der Waals surface area contributed by atoms with Gasteiger partial charge in [-0.15, -0.1) is 0 Å². The van der Waals surface area contributed by atoms with Crippen LogP contribution >= 0.6 is 0 Å². The highest BCUT2D eigenvalue weighted by atomic mass is 16.5. The monoisotopic (exact) mass is 293 g/mol. The largest absolute Gasteiger partial charge is 0.370 e. The quantitative estimate of drug-likeness (QED) is 0.710. The van der Waals surface area contributed by atoms with Crippen LogP contribution in [0.1, 0.15) is 62.8 Å². The standard InChI is InChI=1S/C17H31N3O/c1-7-17(8-2,21-6)16-19-13(4)15(14(5)20-16)11-10-12-18-9-3/h18H,7-12H2,1-6H3. The number of nitrogens with one attached hydrogen (secondary N) is 1. The second-order valence-electron chi connectivity index (χ2n) is 5.56. The van der Waals surface area contributed by atoms with Crippen LogP contribution in [0.3, 0.4) is 0 Å². The van der Waals surface area contributed by atoms with Gasteiger partial charge in [-0.3, -0.25) is 0 Å². The summed E-state index contributed by atoms with van der Waals surface area (Å²) in [6, 6.07) is 0. The van der Waals surface area contributed by atoms with Crippen molar-refractivity contribution in [2.24, 2.45) is 0 Å². The molecule has 0 aliphatic rings. The predicted octanol–water partition coefficient (Wildman–Crippen LogP) is 3.30. The van der Waals surface area contributed by atoms with E-state index in [0.717, 1.165) is 56.0 Å². The number of hydrogen-bond acceptors (Lipinski definition) is 4. The first-order valence-corrected chi connectivity index (χ1v) is 8.15. The van der Waals surface area contributed by atoms with Crippen LogP contribution < -0.4 is 5.32 Å². The number of aryl methyl sites for hydroxylation is 2. The van der Waals surface area contributed by atoms with Crippen LogP contribution in [-0.2, 0) is 16.8 Å². The van der Waals surface area contributed by atoms with Crippen LogP contribution in [0.5, 0.6) is 0 Å². The van der Waals surface area contributed by atoms with Crippen LogP contribution in [0.4, 0.5) is 0 Å². The Labute approximate surface area is 129 Å². The fourth-order valence-electron chi connectivity index (χ4n) is 2.82.